The molecule has 0 aromatic carbocycles. The van der Waals surface area contributed by atoms with Gasteiger partial charge in [0.2, 0.25) is 0 Å². The number of aliphatic hydroxyl groups is 1. The molecule has 1 aliphatic carbocycles. The highest BCUT2D eigenvalue weighted by Crippen LogP contribution is 2.38. The summed E-state index contributed by atoms with van der Waals surface area (Å²) in [7, 11) is 0. The van der Waals surface area contributed by atoms with Crippen LogP contribution < -0.4 is 5.32 Å². The van der Waals surface area contributed by atoms with Gasteiger partial charge in [-0.15, -0.1) is 12.4 Å². The molecule has 2 aliphatic rings. The normalized spacial score (nSPS) is 36.8. The van der Waals surface area contributed by atoms with E-state index in [2.05, 4.69) is 5.32 Å². The van der Waals surface area contributed by atoms with Crippen molar-refractivity contribution in [2.75, 3.05) is 13.1 Å². The maximum absolute atomic E-state index is 9.84. The second kappa shape index (κ2) is 3.30. The molecule has 11 heavy (non-hydrogen) atoms. The lowest BCUT2D eigenvalue weighted by atomic mass is 9.96. The predicted octanol–water partition coefficient (Wildman–Crippen LogP) is 0.933. The number of nitrogens with one attached hydrogen (secondary N) is 1. The van der Waals surface area contributed by atoms with Crippen molar-refractivity contribution in [3.63, 3.8) is 0 Å². The lowest BCUT2D eigenvalue weighted by molar-refractivity contribution is 0.0466. The fourth-order valence-electron chi connectivity index (χ4n) is 1.76. The zero-order valence-electron chi connectivity index (χ0n) is 6.68. The molecule has 0 radical (unpaired) electrons. The Morgan fingerprint density at radius 1 is 1.45 bits per heavy atom. The summed E-state index contributed by atoms with van der Waals surface area (Å²) in [5.74, 6) is 0.852. The summed E-state index contributed by atoms with van der Waals surface area (Å²) in [6, 6.07) is 0. The molecule has 1 unspecified atom stereocenters. The van der Waals surface area contributed by atoms with Gasteiger partial charge in [0.25, 0.3) is 0 Å². The Balaban J connectivity index is 0.000000605. The first-order valence-electron chi connectivity index (χ1n) is 4.22. The highest BCUT2D eigenvalue weighted by Gasteiger charge is 2.37. The Morgan fingerprint density at radius 3 is 2.64 bits per heavy atom. The summed E-state index contributed by atoms with van der Waals surface area (Å²) in [5, 5.41) is 13.0. The van der Waals surface area contributed by atoms with Crippen LogP contribution in [0.25, 0.3) is 0 Å². The predicted molar refractivity (Wildman–Crippen MR) is 47.0 cm³/mol. The molecular weight excluding hydrogens is 162 g/mol. The molecule has 2 fully saturated rings. The molecule has 2 nitrogen and oxygen atoms in total. The van der Waals surface area contributed by atoms with Crippen LogP contribution in [-0.2, 0) is 0 Å². The Labute approximate surface area is 73.8 Å². The van der Waals surface area contributed by atoms with Crippen molar-refractivity contribution in [1.82, 2.24) is 5.32 Å². The van der Waals surface area contributed by atoms with Crippen LogP contribution in [0.2, 0.25) is 0 Å². The van der Waals surface area contributed by atoms with Gasteiger partial charge in [0, 0.05) is 6.54 Å². The van der Waals surface area contributed by atoms with E-state index in [0.717, 1.165) is 31.8 Å². The second-order valence-corrected chi connectivity index (χ2v) is 3.80. The maximum Gasteiger partial charge on any atom is 0.0786 e. The van der Waals surface area contributed by atoms with Crippen molar-refractivity contribution in [1.29, 1.82) is 0 Å². The SMILES string of the molecule is Cl.OC1(CC2CC2)CCNC1. The quantitative estimate of drug-likeness (QED) is 0.658. The Hall–Kier alpha value is 0.210. The molecule has 66 valence electrons. The fourth-order valence-corrected chi connectivity index (χ4v) is 1.76. The zero-order valence-corrected chi connectivity index (χ0v) is 7.49. The molecule has 1 saturated heterocycles. The fraction of sp³-hybridized carbons (Fsp3) is 1.00. The smallest absolute Gasteiger partial charge is 0.0786 e. The van der Waals surface area contributed by atoms with Gasteiger partial charge in [-0.05, 0) is 25.3 Å². The molecule has 0 amide bonds. The number of hydrogen-bond acceptors (Lipinski definition) is 2. The van der Waals surface area contributed by atoms with E-state index in [9.17, 15) is 5.11 Å². The number of rotatable bonds is 2. The van der Waals surface area contributed by atoms with Gasteiger partial charge in [-0.3, -0.25) is 0 Å². The lowest BCUT2D eigenvalue weighted by Gasteiger charge is -2.20. The molecule has 0 aromatic heterocycles. The number of β-amino-alcohol motifs (C(OH)–C–C–N with tert-alkyl or cyclic N) is 1. The first-order chi connectivity index (χ1) is 4.79. The molecule has 1 heterocycles. The number of halogens is 1. The molecular formula is C8H16ClNO. The van der Waals surface area contributed by atoms with E-state index in [1.54, 1.807) is 0 Å². The first-order valence-corrected chi connectivity index (χ1v) is 4.22. The van der Waals surface area contributed by atoms with Crippen LogP contribution in [0.15, 0.2) is 0 Å². The van der Waals surface area contributed by atoms with E-state index in [1.807, 2.05) is 0 Å². The minimum Gasteiger partial charge on any atom is -0.389 e. The largest absolute Gasteiger partial charge is 0.389 e. The van der Waals surface area contributed by atoms with Gasteiger partial charge >= 0.3 is 0 Å². The average Bonchev–Trinajstić information content (AvgIpc) is 2.56. The topological polar surface area (TPSA) is 32.3 Å². The average molecular weight is 178 g/mol. The molecule has 1 atom stereocenters. The molecule has 1 saturated carbocycles. The minimum absolute atomic E-state index is 0. The van der Waals surface area contributed by atoms with E-state index in [0.29, 0.717) is 0 Å². The van der Waals surface area contributed by atoms with Gasteiger partial charge < -0.3 is 10.4 Å². The van der Waals surface area contributed by atoms with Crippen molar-refractivity contribution < 1.29 is 5.11 Å². The summed E-state index contributed by atoms with van der Waals surface area (Å²) in [5.41, 5.74) is -0.332. The van der Waals surface area contributed by atoms with Gasteiger partial charge in [0.1, 0.15) is 0 Å². The summed E-state index contributed by atoms with van der Waals surface area (Å²) >= 11 is 0. The minimum atomic E-state index is -0.332. The zero-order chi connectivity index (χ0) is 7.03. The summed E-state index contributed by atoms with van der Waals surface area (Å²) in [6.45, 7) is 1.83. The molecule has 0 aromatic rings. The van der Waals surface area contributed by atoms with E-state index in [-0.39, 0.29) is 18.0 Å². The van der Waals surface area contributed by atoms with Gasteiger partial charge in [-0.25, -0.2) is 0 Å². The summed E-state index contributed by atoms with van der Waals surface area (Å²) < 4.78 is 0. The van der Waals surface area contributed by atoms with Crippen LogP contribution in [0.5, 0.6) is 0 Å². The molecule has 2 N–H and O–H groups in total. The number of hydrogen-bond donors (Lipinski definition) is 2. The molecule has 0 bridgehead atoms. The molecule has 1 aliphatic heterocycles. The maximum atomic E-state index is 9.84. The van der Waals surface area contributed by atoms with Crippen LogP contribution >= 0.6 is 12.4 Å². The Kier molecular flexibility index (Phi) is 2.79. The van der Waals surface area contributed by atoms with Gasteiger partial charge in [-0.1, -0.05) is 12.8 Å². The van der Waals surface area contributed by atoms with Crippen molar-refractivity contribution in [2.24, 2.45) is 5.92 Å². The van der Waals surface area contributed by atoms with E-state index >= 15 is 0 Å². The molecule has 0 spiro atoms. The highest BCUT2D eigenvalue weighted by molar-refractivity contribution is 5.85. The van der Waals surface area contributed by atoms with Gasteiger partial charge in [-0.2, -0.15) is 0 Å². The van der Waals surface area contributed by atoms with Gasteiger partial charge in [0.15, 0.2) is 0 Å². The Morgan fingerprint density at radius 2 is 2.18 bits per heavy atom. The van der Waals surface area contributed by atoms with Crippen LogP contribution in [-0.4, -0.2) is 23.8 Å². The van der Waals surface area contributed by atoms with E-state index in [4.69, 9.17) is 0 Å². The summed E-state index contributed by atoms with van der Waals surface area (Å²) in [6.07, 6.45) is 4.70. The van der Waals surface area contributed by atoms with Crippen LogP contribution in [0, 0.1) is 5.92 Å². The van der Waals surface area contributed by atoms with Gasteiger partial charge in [0.05, 0.1) is 5.60 Å². The second-order valence-electron chi connectivity index (χ2n) is 3.80. The van der Waals surface area contributed by atoms with Crippen molar-refractivity contribution in [3.8, 4) is 0 Å². The third kappa shape index (κ3) is 2.32. The monoisotopic (exact) mass is 177 g/mol. The third-order valence-corrected chi connectivity index (χ3v) is 2.59. The molecule has 3 heteroatoms. The van der Waals surface area contributed by atoms with E-state index in [1.165, 1.54) is 12.8 Å². The highest BCUT2D eigenvalue weighted by atomic mass is 35.5. The van der Waals surface area contributed by atoms with Crippen LogP contribution in [0.1, 0.15) is 25.7 Å². The molecule has 2 rings (SSSR count). The van der Waals surface area contributed by atoms with Crippen molar-refractivity contribution in [2.45, 2.75) is 31.3 Å². The standard InChI is InChI=1S/C8H15NO.ClH/c10-8(3-4-9-6-8)5-7-1-2-7;/h7,9-10H,1-6H2;1H. The van der Waals surface area contributed by atoms with Crippen LogP contribution in [0.3, 0.4) is 0 Å². The van der Waals surface area contributed by atoms with E-state index < -0.39 is 0 Å². The third-order valence-electron chi connectivity index (χ3n) is 2.59. The van der Waals surface area contributed by atoms with Crippen molar-refractivity contribution in [3.05, 3.63) is 0 Å². The Bertz CT molecular complexity index is 130. The lowest BCUT2D eigenvalue weighted by Crippen LogP contribution is -2.31. The van der Waals surface area contributed by atoms with Crippen molar-refractivity contribution >= 4 is 12.4 Å². The summed E-state index contributed by atoms with van der Waals surface area (Å²) in [4.78, 5) is 0. The first kappa shape index (κ1) is 9.30. The van der Waals surface area contributed by atoms with Crippen LogP contribution in [0.4, 0.5) is 0 Å².